The van der Waals surface area contributed by atoms with Crippen LogP contribution in [0.2, 0.25) is 0 Å². The molecular weight excluding hydrogens is 584 g/mol. The van der Waals surface area contributed by atoms with E-state index in [9.17, 15) is 9.59 Å². The second kappa shape index (κ2) is 14.1. The number of pyridine rings is 1. The summed E-state index contributed by atoms with van der Waals surface area (Å²) in [5.41, 5.74) is 0.0845. The van der Waals surface area contributed by atoms with Gasteiger partial charge in [0.15, 0.2) is 11.7 Å². The lowest BCUT2D eigenvalue weighted by molar-refractivity contribution is 0.0210. The second-order valence-electron chi connectivity index (χ2n) is 12.5. The van der Waals surface area contributed by atoms with E-state index in [4.69, 9.17) is 19.0 Å². The van der Waals surface area contributed by atoms with E-state index in [1.807, 2.05) is 45.0 Å². The number of ether oxygens (including phenoxy) is 3. The van der Waals surface area contributed by atoms with Crippen molar-refractivity contribution in [1.82, 2.24) is 14.9 Å². The van der Waals surface area contributed by atoms with Gasteiger partial charge in [-0.2, -0.15) is 0 Å². The van der Waals surface area contributed by atoms with Crippen molar-refractivity contribution in [3.05, 3.63) is 41.5 Å². The van der Waals surface area contributed by atoms with Crippen LogP contribution in [0.15, 0.2) is 41.0 Å². The first kappa shape index (κ1) is 32.8. The summed E-state index contributed by atoms with van der Waals surface area (Å²) >= 11 is 1.28. The summed E-state index contributed by atoms with van der Waals surface area (Å²) < 4.78 is 16.6. The zero-order chi connectivity index (χ0) is 31.9. The molecule has 1 fully saturated rings. The number of fused-ring (bicyclic) bond motifs is 1. The Morgan fingerprint density at radius 1 is 1.05 bits per heavy atom. The van der Waals surface area contributed by atoms with E-state index >= 15 is 0 Å². The van der Waals surface area contributed by atoms with Crippen LogP contribution in [0.1, 0.15) is 67.0 Å². The number of piperidine rings is 1. The monoisotopic (exact) mass is 626 g/mol. The highest BCUT2D eigenvalue weighted by Gasteiger charge is 2.27. The number of oxime groups is 1. The lowest BCUT2D eigenvalue weighted by atomic mass is 10.0. The first-order chi connectivity index (χ1) is 20.8. The number of thiazole rings is 1. The van der Waals surface area contributed by atoms with Crippen LogP contribution in [0.3, 0.4) is 0 Å². The van der Waals surface area contributed by atoms with Gasteiger partial charge in [-0.1, -0.05) is 5.16 Å². The third-order valence-electron chi connectivity index (χ3n) is 6.35. The van der Waals surface area contributed by atoms with Crippen molar-refractivity contribution in [3.8, 4) is 5.75 Å². The summed E-state index contributed by atoms with van der Waals surface area (Å²) in [4.78, 5) is 40.4. The molecule has 0 bridgehead atoms. The molecule has 2 aromatic heterocycles. The Hall–Kier alpha value is -4.13. The van der Waals surface area contributed by atoms with Crippen molar-refractivity contribution in [2.24, 2.45) is 5.16 Å². The maximum Gasteiger partial charge on any atom is 0.413 e. The van der Waals surface area contributed by atoms with E-state index in [-0.39, 0.29) is 18.7 Å². The molecule has 0 aliphatic carbocycles. The number of carbonyl (C=O) groups excluding carboxylic acids is 2. The smallest absolute Gasteiger partial charge is 0.413 e. The van der Waals surface area contributed by atoms with Crippen molar-refractivity contribution >= 4 is 51.0 Å². The molecule has 1 aromatic carbocycles. The Balaban J connectivity index is 1.23. The highest BCUT2D eigenvalue weighted by molar-refractivity contribution is 7.14. The highest BCUT2D eigenvalue weighted by atomic mass is 32.1. The molecule has 3 heterocycles. The molecule has 2 amide bonds. The van der Waals surface area contributed by atoms with Gasteiger partial charge < -0.3 is 29.3 Å². The molecule has 0 spiro atoms. The molecule has 0 saturated carbocycles. The van der Waals surface area contributed by atoms with Gasteiger partial charge in [-0.3, -0.25) is 5.32 Å². The number of nitrogens with zero attached hydrogens (tertiary/aromatic N) is 4. The van der Waals surface area contributed by atoms with Crippen LogP contribution in [-0.4, -0.2) is 76.3 Å². The molecule has 13 heteroatoms. The summed E-state index contributed by atoms with van der Waals surface area (Å²) in [6.07, 6.45) is 2.58. The SMILES string of the molecule is C/C(=N\OCCOc1ccc2c(NC3CCN(C(=O)OC(C)(C)C)CC3)nccc2c1)c1csc(NC(=O)OC(C)(C)C)n1. The molecule has 4 rings (SSSR count). The molecule has 2 N–H and O–H groups in total. The molecule has 1 aliphatic heterocycles. The third-order valence-corrected chi connectivity index (χ3v) is 7.11. The van der Waals surface area contributed by atoms with Crippen LogP contribution >= 0.6 is 11.3 Å². The number of carbonyl (C=O) groups is 2. The van der Waals surface area contributed by atoms with Gasteiger partial charge in [0.2, 0.25) is 0 Å². The lowest BCUT2D eigenvalue weighted by Crippen LogP contribution is -2.44. The molecule has 0 atom stereocenters. The lowest BCUT2D eigenvalue weighted by Gasteiger charge is -2.34. The fourth-order valence-corrected chi connectivity index (χ4v) is 5.10. The van der Waals surface area contributed by atoms with Gasteiger partial charge in [-0.15, -0.1) is 11.3 Å². The average molecular weight is 627 g/mol. The zero-order valence-electron chi connectivity index (χ0n) is 26.4. The second-order valence-corrected chi connectivity index (χ2v) is 13.3. The zero-order valence-corrected chi connectivity index (χ0v) is 27.2. The molecule has 1 saturated heterocycles. The first-order valence-electron chi connectivity index (χ1n) is 14.6. The predicted octanol–water partition coefficient (Wildman–Crippen LogP) is 6.67. The van der Waals surface area contributed by atoms with Gasteiger partial charge >= 0.3 is 12.2 Å². The number of hydrogen-bond donors (Lipinski definition) is 2. The molecule has 0 radical (unpaired) electrons. The minimum Gasteiger partial charge on any atom is -0.490 e. The number of anilines is 2. The molecule has 44 heavy (non-hydrogen) atoms. The number of likely N-dealkylation sites (tertiary alicyclic amines) is 1. The number of hydrogen-bond acceptors (Lipinski definition) is 11. The van der Waals surface area contributed by atoms with Crippen LogP contribution < -0.4 is 15.4 Å². The van der Waals surface area contributed by atoms with E-state index in [2.05, 4.69) is 25.8 Å². The van der Waals surface area contributed by atoms with Gasteiger partial charge in [0.25, 0.3) is 0 Å². The van der Waals surface area contributed by atoms with Gasteiger partial charge in [0.1, 0.15) is 40.8 Å². The van der Waals surface area contributed by atoms with Gasteiger partial charge in [-0.25, -0.2) is 19.6 Å². The molecule has 238 valence electrons. The van der Waals surface area contributed by atoms with Crippen LogP contribution in [0.5, 0.6) is 5.75 Å². The summed E-state index contributed by atoms with van der Waals surface area (Å²) in [7, 11) is 0. The summed E-state index contributed by atoms with van der Waals surface area (Å²) in [6.45, 7) is 14.6. The van der Waals surface area contributed by atoms with Crippen molar-refractivity contribution in [2.45, 2.75) is 78.6 Å². The van der Waals surface area contributed by atoms with E-state index < -0.39 is 17.3 Å². The van der Waals surface area contributed by atoms with Crippen LogP contribution in [0.4, 0.5) is 20.5 Å². The standard InChI is InChI=1S/C31H42N6O6S/c1-20(25-19-44-27(34-25)35-28(38)42-30(2,3)4)36-41-17-16-40-23-8-9-24-21(18-23)10-13-32-26(24)33-22-11-14-37(15-12-22)29(39)43-31(5,6)7/h8-10,13,18-19,22H,11-12,14-17H2,1-7H3,(H,32,33)(H,34,35,38)/b36-20+. The van der Waals surface area contributed by atoms with Gasteiger partial charge in [0, 0.05) is 36.1 Å². The quantitative estimate of drug-likeness (QED) is 0.152. The number of benzene rings is 1. The van der Waals surface area contributed by atoms with E-state index in [0.29, 0.717) is 42.0 Å². The van der Waals surface area contributed by atoms with Gasteiger partial charge in [-0.05, 0) is 91.0 Å². The van der Waals surface area contributed by atoms with E-state index in [0.717, 1.165) is 29.4 Å². The fraction of sp³-hybridized carbons (Fsp3) is 0.516. The maximum absolute atomic E-state index is 12.4. The van der Waals surface area contributed by atoms with Crippen LogP contribution in [0.25, 0.3) is 10.8 Å². The number of amides is 2. The van der Waals surface area contributed by atoms with Crippen molar-refractivity contribution in [3.63, 3.8) is 0 Å². The first-order valence-corrected chi connectivity index (χ1v) is 15.5. The number of aromatic nitrogens is 2. The Morgan fingerprint density at radius 3 is 2.48 bits per heavy atom. The summed E-state index contributed by atoms with van der Waals surface area (Å²) in [5.74, 6) is 1.52. The highest BCUT2D eigenvalue weighted by Crippen LogP contribution is 2.27. The summed E-state index contributed by atoms with van der Waals surface area (Å²) in [6, 6.07) is 8.02. The topological polar surface area (TPSA) is 136 Å². The largest absolute Gasteiger partial charge is 0.490 e. The number of rotatable bonds is 9. The minimum absolute atomic E-state index is 0.209. The Labute approximate surface area is 262 Å². The normalized spacial score (nSPS) is 14.7. The Morgan fingerprint density at radius 2 is 1.77 bits per heavy atom. The molecular formula is C31H42N6O6S. The third kappa shape index (κ3) is 9.97. The van der Waals surface area contributed by atoms with Crippen molar-refractivity contribution in [2.75, 3.05) is 36.9 Å². The fourth-order valence-electron chi connectivity index (χ4n) is 4.36. The molecule has 3 aromatic rings. The predicted molar refractivity (Wildman–Crippen MR) is 172 cm³/mol. The number of nitrogens with one attached hydrogen (secondary N) is 2. The molecule has 12 nitrogen and oxygen atoms in total. The van der Waals surface area contributed by atoms with Crippen LogP contribution in [-0.2, 0) is 14.3 Å². The Bertz CT molecular complexity index is 1470. The maximum atomic E-state index is 12.4. The van der Waals surface area contributed by atoms with Gasteiger partial charge in [0.05, 0.1) is 0 Å². The molecule has 1 aliphatic rings. The van der Waals surface area contributed by atoms with Crippen LogP contribution in [0, 0.1) is 0 Å². The minimum atomic E-state index is -0.591. The van der Waals surface area contributed by atoms with E-state index in [1.54, 1.807) is 44.2 Å². The van der Waals surface area contributed by atoms with E-state index in [1.165, 1.54) is 11.3 Å². The van der Waals surface area contributed by atoms with Crippen molar-refractivity contribution < 1.29 is 28.6 Å². The summed E-state index contributed by atoms with van der Waals surface area (Å²) in [5, 5.41) is 14.5. The van der Waals surface area contributed by atoms with Crippen molar-refractivity contribution in [1.29, 1.82) is 0 Å². The molecule has 0 unspecified atom stereocenters. The average Bonchev–Trinajstić information content (AvgIpc) is 3.39. The Kier molecular flexibility index (Phi) is 10.5.